The number of hydrogen-bond acceptors (Lipinski definition) is 11. The Bertz CT molecular complexity index is 1480. The van der Waals surface area contributed by atoms with E-state index in [1.54, 1.807) is 41.5 Å². The van der Waals surface area contributed by atoms with Crippen LogP contribution in [0.25, 0.3) is 0 Å². The van der Waals surface area contributed by atoms with Crippen molar-refractivity contribution in [3.05, 3.63) is 12.2 Å². The largest absolute Gasteiger partial charge is 0.460 e. The number of alkyl carbamates (subject to hydrolysis) is 1. The molecule has 0 radical (unpaired) electrons. The lowest BCUT2D eigenvalue weighted by Gasteiger charge is -2.47. The SMILES string of the molecule is CCCCCCCCC=CCCCCCCCC(=O)N(CCCCCCCCCCCCCCCCCC)[C@@H]1O[C@H](CO)[C@@H](O)[C@H](O)[C@H]1NC(=O)[C@H](C)NC(=O)[C@H](CC(=O)OC(C)(C)C)NC(=O)OC(C)(C)C. The number of nitrogens with one attached hydrogen (secondary N) is 3. The van der Waals surface area contributed by atoms with Gasteiger partial charge < -0.3 is 50.4 Å². The summed E-state index contributed by atoms with van der Waals surface area (Å²) in [7, 11) is 0. The van der Waals surface area contributed by atoms with E-state index < -0.39 is 90.8 Å². The number of amides is 4. The van der Waals surface area contributed by atoms with E-state index >= 15 is 0 Å². The van der Waals surface area contributed by atoms with E-state index in [-0.39, 0.29) is 18.9 Å². The minimum atomic E-state index is -1.66. The first kappa shape index (κ1) is 67.7. The summed E-state index contributed by atoms with van der Waals surface area (Å²) in [5.74, 6) is -2.66. The van der Waals surface area contributed by atoms with Crippen LogP contribution in [0.4, 0.5) is 4.79 Å². The highest BCUT2D eigenvalue weighted by molar-refractivity contribution is 5.93. The Balaban J connectivity index is 3.06. The summed E-state index contributed by atoms with van der Waals surface area (Å²) in [6, 6.07) is -4.12. The molecule has 0 bridgehead atoms. The fraction of sp³-hybridized carbons (Fsp3) is 0.879. The van der Waals surface area contributed by atoms with Crippen LogP contribution in [0.5, 0.6) is 0 Å². The zero-order valence-corrected chi connectivity index (χ0v) is 47.6. The van der Waals surface area contributed by atoms with E-state index in [9.17, 15) is 39.3 Å². The van der Waals surface area contributed by atoms with Gasteiger partial charge in [-0.15, -0.1) is 0 Å². The number of hydrogen-bond donors (Lipinski definition) is 6. The Hall–Kier alpha value is -3.27. The zero-order chi connectivity index (χ0) is 54.5. The molecule has 1 rings (SSSR count). The van der Waals surface area contributed by atoms with Gasteiger partial charge in [-0.2, -0.15) is 0 Å². The number of carbonyl (C=O) groups excluding carboxylic acids is 5. The molecule has 0 unspecified atom stereocenters. The van der Waals surface area contributed by atoms with Crippen molar-refractivity contribution in [2.75, 3.05) is 13.2 Å². The van der Waals surface area contributed by atoms with Crippen molar-refractivity contribution in [3.8, 4) is 0 Å². The van der Waals surface area contributed by atoms with Gasteiger partial charge in [0.25, 0.3) is 0 Å². The molecule has 1 heterocycles. The average molecular weight is 1040 g/mol. The fourth-order valence-electron chi connectivity index (χ4n) is 9.11. The van der Waals surface area contributed by atoms with Crippen LogP contribution in [0.3, 0.4) is 0 Å². The molecule has 0 aromatic carbocycles. The number of allylic oxidation sites excluding steroid dienone is 2. The van der Waals surface area contributed by atoms with Gasteiger partial charge in [-0.25, -0.2) is 4.79 Å². The van der Waals surface area contributed by atoms with Crippen LogP contribution in [0.15, 0.2) is 12.2 Å². The van der Waals surface area contributed by atoms with Crippen molar-refractivity contribution in [2.24, 2.45) is 0 Å². The van der Waals surface area contributed by atoms with E-state index in [0.29, 0.717) is 12.8 Å². The quantitative estimate of drug-likeness (QED) is 0.0193. The molecule has 15 heteroatoms. The molecule has 1 saturated heterocycles. The van der Waals surface area contributed by atoms with E-state index in [0.717, 1.165) is 64.2 Å². The van der Waals surface area contributed by atoms with Crippen LogP contribution in [-0.4, -0.2) is 117 Å². The lowest BCUT2D eigenvalue weighted by Crippen LogP contribution is -2.70. The van der Waals surface area contributed by atoms with Crippen molar-refractivity contribution >= 4 is 29.8 Å². The maximum Gasteiger partial charge on any atom is 0.408 e. The number of aliphatic hydroxyl groups is 3. The van der Waals surface area contributed by atoms with Crippen LogP contribution in [-0.2, 0) is 33.4 Å². The van der Waals surface area contributed by atoms with Gasteiger partial charge in [0.05, 0.1) is 13.0 Å². The molecule has 0 aromatic heterocycles. The summed E-state index contributed by atoms with van der Waals surface area (Å²) in [6.45, 7) is 15.4. The molecule has 0 aromatic rings. The summed E-state index contributed by atoms with van der Waals surface area (Å²) in [4.78, 5) is 69.0. The number of esters is 1. The maximum atomic E-state index is 14.3. The number of carbonyl (C=O) groups is 5. The van der Waals surface area contributed by atoms with Gasteiger partial charge in [0.15, 0.2) is 6.23 Å². The van der Waals surface area contributed by atoms with Crippen molar-refractivity contribution < 1.29 is 53.5 Å². The molecule has 73 heavy (non-hydrogen) atoms. The predicted molar refractivity (Wildman–Crippen MR) is 292 cm³/mol. The van der Waals surface area contributed by atoms with Crippen LogP contribution in [0.1, 0.15) is 261 Å². The van der Waals surface area contributed by atoms with Crippen molar-refractivity contribution in [1.82, 2.24) is 20.9 Å². The van der Waals surface area contributed by atoms with Gasteiger partial charge in [0.2, 0.25) is 17.7 Å². The Kier molecular flexibility index (Phi) is 37.2. The second-order valence-corrected chi connectivity index (χ2v) is 22.7. The van der Waals surface area contributed by atoms with Crippen LogP contribution < -0.4 is 16.0 Å². The number of unbranched alkanes of at least 4 members (excludes halogenated alkanes) is 26. The lowest BCUT2D eigenvalue weighted by atomic mass is 9.94. The van der Waals surface area contributed by atoms with Gasteiger partial charge in [-0.1, -0.05) is 174 Å². The van der Waals surface area contributed by atoms with Crippen molar-refractivity contribution in [1.29, 1.82) is 0 Å². The van der Waals surface area contributed by atoms with Gasteiger partial charge >= 0.3 is 12.1 Å². The Morgan fingerprint density at radius 1 is 0.589 bits per heavy atom. The highest BCUT2D eigenvalue weighted by Crippen LogP contribution is 2.26. The summed E-state index contributed by atoms with van der Waals surface area (Å²) < 4.78 is 16.9. The first-order chi connectivity index (χ1) is 34.7. The normalized spacial score (nSPS) is 19.0. The minimum Gasteiger partial charge on any atom is -0.460 e. The summed E-state index contributed by atoms with van der Waals surface area (Å²) in [6.07, 6.45) is 31.3. The van der Waals surface area contributed by atoms with Crippen LogP contribution >= 0.6 is 0 Å². The standard InChI is InChI=1S/C58H108N4O11/c1-10-12-14-16-18-20-22-24-26-28-30-32-34-36-38-40-42-62(48(64)41-39-37-35-33-31-29-27-25-23-21-19-17-15-13-11-2)55-50(52(67)51(66)47(44-63)71-55)61-53(68)45(3)59-54(69)46(43-49(65)72-57(4,5)6)60-56(70)73-58(7,8)9/h25,27,45-47,50-52,55,63,66-67H,10-24,26,28-44H2,1-9H3,(H,59,69)(H,60,70)(H,61,68)/t45-,46-,47+,50+,51+,52+,55+/m0/s1. The zero-order valence-electron chi connectivity index (χ0n) is 47.6. The molecule has 0 spiro atoms. The number of ether oxygens (including phenoxy) is 3. The molecule has 1 aliphatic rings. The second-order valence-electron chi connectivity index (χ2n) is 22.7. The monoisotopic (exact) mass is 1040 g/mol. The van der Waals surface area contributed by atoms with E-state index in [1.165, 1.54) is 121 Å². The highest BCUT2D eigenvalue weighted by atomic mass is 16.6. The number of rotatable bonds is 41. The number of nitrogens with zero attached hydrogens (tertiary/aromatic N) is 1. The van der Waals surface area contributed by atoms with E-state index in [2.05, 4.69) is 41.9 Å². The smallest absolute Gasteiger partial charge is 0.408 e. The Morgan fingerprint density at radius 3 is 1.48 bits per heavy atom. The lowest BCUT2D eigenvalue weighted by molar-refractivity contribution is -0.231. The molecule has 0 saturated carbocycles. The van der Waals surface area contributed by atoms with E-state index in [1.807, 2.05) is 0 Å². The van der Waals surface area contributed by atoms with Gasteiger partial charge in [0.1, 0.15) is 47.6 Å². The maximum absolute atomic E-state index is 14.3. The highest BCUT2D eigenvalue weighted by Gasteiger charge is 2.48. The summed E-state index contributed by atoms with van der Waals surface area (Å²) in [5.41, 5.74) is -1.78. The molecular formula is C58H108N4O11. The fourth-order valence-corrected chi connectivity index (χ4v) is 9.11. The Morgan fingerprint density at radius 2 is 1.03 bits per heavy atom. The first-order valence-corrected chi connectivity index (χ1v) is 29.1. The van der Waals surface area contributed by atoms with Gasteiger partial charge in [-0.05, 0) is 87.0 Å². The van der Waals surface area contributed by atoms with Crippen molar-refractivity contribution in [2.45, 2.75) is 315 Å². The molecular weight excluding hydrogens is 929 g/mol. The predicted octanol–water partition coefficient (Wildman–Crippen LogP) is 11.2. The van der Waals surface area contributed by atoms with Crippen LogP contribution in [0.2, 0.25) is 0 Å². The third kappa shape index (κ3) is 33.4. The summed E-state index contributed by atoms with van der Waals surface area (Å²) in [5, 5.41) is 40.5. The van der Waals surface area contributed by atoms with E-state index in [4.69, 9.17) is 14.2 Å². The molecule has 15 nitrogen and oxygen atoms in total. The third-order valence-electron chi connectivity index (χ3n) is 13.3. The molecule has 6 N–H and O–H groups in total. The minimum absolute atomic E-state index is 0.218. The molecule has 7 atom stereocenters. The van der Waals surface area contributed by atoms with Crippen LogP contribution in [0, 0.1) is 0 Å². The topological polar surface area (TPSA) is 213 Å². The average Bonchev–Trinajstić information content (AvgIpc) is 3.31. The molecule has 1 aliphatic heterocycles. The van der Waals surface area contributed by atoms with Gasteiger partial charge in [-0.3, -0.25) is 19.2 Å². The van der Waals surface area contributed by atoms with Gasteiger partial charge in [0, 0.05) is 13.0 Å². The second kappa shape index (κ2) is 40.0. The molecule has 1 fully saturated rings. The van der Waals surface area contributed by atoms with Crippen molar-refractivity contribution in [3.63, 3.8) is 0 Å². The molecule has 4 amide bonds. The molecule has 426 valence electrons. The Labute approximate surface area is 443 Å². The molecule has 0 aliphatic carbocycles. The third-order valence-corrected chi connectivity index (χ3v) is 13.3. The summed E-state index contributed by atoms with van der Waals surface area (Å²) >= 11 is 0. The number of aliphatic hydroxyl groups excluding tert-OH is 3. The first-order valence-electron chi connectivity index (χ1n) is 29.1.